The van der Waals surface area contributed by atoms with E-state index in [4.69, 9.17) is 22.1 Å². The van der Waals surface area contributed by atoms with Crippen molar-refractivity contribution in [2.45, 2.75) is 26.7 Å². The van der Waals surface area contributed by atoms with E-state index in [2.05, 4.69) is 0 Å². The second kappa shape index (κ2) is 8.25. The van der Waals surface area contributed by atoms with E-state index in [0.29, 0.717) is 30.5 Å². The lowest BCUT2D eigenvalue weighted by Gasteiger charge is -2.33. The van der Waals surface area contributed by atoms with Gasteiger partial charge in [-0.1, -0.05) is 31.5 Å². The van der Waals surface area contributed by atoms with Gasteiger partial charge in [0, 0.05) is 18.6 Å². The fourth-order valence-corrected chi connectivity index (χ4v) is 2.47. The molecule has 0 heterocycles. The zero-order valence-corrected chi connectivity index (χ0v) is 13.8. The summed E-state index contributed by atoms with van der Waals surface area (Å²) < 4.78 is 5.61. The van der Waals surface area contributed by atoms with E-state index in [1.165, 1.54) is 0 Å². The Morgan fingerprint density at radius 3 is 2.57 bits per heavy atom. The number of benzene rings is 1. The summed E-state index contributed by atoms with van der Waals surface area (Å²) in [6.07, 6.45) is 1.50. The minimum absolute atomic E-state index is 0.0877. The summed E-state index contributed by atoms with van der Waals surface area (Å²) >= 11 is 5.89. The first-order chi connectivity index (χ1) is 9.99. The van der Waals surface area contributed by atoms with Crippen LogP contribution in [0, 0.1) is 5.41 Å². The van der Waals surface area contributed by atoms with E-state index >= 15 is 0 Å². The smallest absolute Gasteiger partial charge is 0.229 e. The standard InChI is InChI=1S/C16H25ClN2O2/c1-4-16(5-2,12-18)15(20)19(3)9-10-21-14-8-6-7-13(17)11-14/h6-8,11H,4-5,9-10,12,18H2,1-3H3. The highest BCUT2D eigenvalue weighted by atomic mass is 35.5. The van der Waals surface area contributed by atoms with Crippen molar-refractivity contribution in [3.05, 3.63) is 29.3 Å². The highest BCUT2D eigenvalue weighted by molar-refractivity contribution is 6.30. The molecule has 118 valence electrons. The number of hydrogen-bond acceptors (Lipinski definition) is 3. The van der Waals surface area contributed by atoms with E-state index in [9.17, 15) is 4.79 Å². The van der Waals surface area contributed by atoms with Crippen molar-refractivity contribution in [3.8, 4) is 5.75 Å². The molecular formula is C16H25ClN2O2. The summed E-state index contributed by atoms with van der Waals surface area (Å²) in [7, 11) is 1.79. The van der Waals surface area contributed by atoms with Gasteiger partial charge in [0.2, 0.25) is 5.91 Å². The van der Waals surface area contributed by atoms with Gasteiger partial charge in [-0.25, -0.2) is 0 Å². The molecule has 1 amide bonds. The first-order valence-electron chi connectivity index (χ1n) is 7.33. The SMILES string of the molecule is CCC(CC)(CN)C(=O)N(C)CCOc1cccc(Cl)c1. The Labute approximate surface area is 132 Å². The lowest BCUT2D eigenvalue weighted by molar-refractivity contribution is -0.141. The number of halogens is 1. The predicted octanol–water partition coefficient (Wildman–Crippen LogP) is 2.94. The molecule has 21 heavy (non-hydrogen) atoms. The summed E-state index contributed by atoms with van der Waals surface area (Å²) in [4.78, 5) is 14.2. The molecule has 0 bridgehead atoms. The van der Waals surface area contributed by atoms with E-state index in [1.807, 2.05) is 26.0 Å². The van der Waals surface area contributed by atoms with Gasteiger partial charge in [0.25, 0.3) is 0 Å². The van der Waals surface area contributed by atoms with Crippen LogP contribution in [0.15, 0.2) is 24.3 Å². The Kier molecular flexibility index (Phi) is 6.99. The van der Waals surface area contributed by atoms with Crippen LogP contribution in [-0.4, -0.2) is 37.6 Å². The van der Waals surface area contributed by atoms with Crippen LogP contribution in [0.5, 0.6) is 5.75 Å². The number of ether oxygens (including phenoxy) is 1. The molecule has 2 N–H and O–H groups in total. The third-order valence-electron chi connectivity index (χ3n) is 4.04. The molecule has 5 heteroatoms. The van der Waals surface area contributed by atoms with Gasteiger partial charge >= 0.3 is 0 Å². The number of hydrogen-bond donors (Lipinski definition) is 1. The number of carbonyl (C=O) groups excluding carboxylic acids is 1. The number of amides is 1. The van der Waals surface area contributed by atoms with Gasteiger partial charge < -0.3 is 15.4 Å². The quantitative estimate of drug-likeness (QED) is 0.803. The van der Waals surface area contributed by atoms with E-state index < -0.39 is 5.41 Å². The molecule has 4 nitrogen and oxygen atoms in total. The van der Waals surface area contributed by atoms with Gasteiger partial charge in [0.1, 0.15) is 12.4 Å². The maximum atomic E-state index is 12.5. The van der Waals surface area contributed by atoms with Gasteiger partial charge in [0.15, 0.2) is 0 Å². The summed E-state index contributed by atoms with van der Waals surface area (Å²) in [5, 5.41) is 0.635. The molecule has 0 atom stereocenters. The zero-order chi connectivity index (χ0) is 15.9. The summed E-state index contributed by atoms with van der Waals surface area (Å²) in [6, 6.07) is 7.23. The maximum Gasteiger partial charge on any atom is 0.229 e. The van der Waals surface area contributed by atoms with E-state index in [1.54, 1.807) is 24.1 Å². The molecule has 0 aliphatic carbocycles. The number of carbonyl (C=O) groups is 1. The van der Waals surface area contributed by atoms with E-state index in [-0.39, 0.29) is 5.91 Å². The second-order valence-corrected chi connectivity index (χ2v) is 5.66. The van der Waals surface area contributed by atoms with E-state index in [0.717, 1.165) is 12.8 Å². The molecule has 0 fully saturated rings. The highest BCUT2D eigenvalue weighted by Crippen LogP contribution is 2.27. The van der Waals surface area contributed by atoms with Crippen LogP contribution in [0.2, 0.25) is 5.02 Å². The Morgan fingerprint density at radius 1 is 1.38 bits per heavy atom. The normalized spacial score (nSPS) is 11.3. The largest absolute Gasteiger partial charge is 0.492 e. The fraction of sp³-hybridized carbons (Fsp3) is 0.562. The van der Waals surface area contributed by atoms with Crippen LogP contribution >= 0.6 is 11.6 Å². The van der Waals surface area contributed by atoms with Crippen LogP contribution in [-0.2, 0) is 4.79 Å². The summed E-state index contributed by atoms with van der Waals surface area (Å²) in [5.41, 5.74) is 5.36. The third-order valence-corrected chi connectivity index (χ3v) is 4.27. The molecule has 1 aromatic rings. The van der Waals surface area contributed by atoms with Gasteiger partial charge in [0.05, 0.1) is 12.0 Å². The molecule has 0 saturated carbocycles. The number of nitrogens with two attached hydrogens (primary N) is 1. The molecular weight excluding hydrogens is 288 g/mol. The monoisotopic (exact) mass is 312 g/mol. The molecule has 0 spiro atoms. The van der Waals surface area contributed by atoms with Crippen LogP contribution in [0.4, 0.5) is 0 Å². The van der Waals surface area contributed by atoms with Gasteiger partial charge in [-0.15, -0.1) is 0 Å². The number of rotatable bonds is 8. The molecule has 0 aliphatic heterocycles. The molecule has 0 saturated heterocycles. The molecule has 1 aromatic carbocycles. The van der Waals surface area contributed by atoms with Crippen LogP contribution in [0.3, 0.4) is 0 Å². The molecule has 0 unspecified atom stereocenters. The van der Waals surface area contributed by atoms with Crippen molar-refractivity contribution in [3.63, 3.8) is 0 Å². The third kappa shape index (κ3) is 4.61. The highest BCUT2D eigenvalue weighted by Gasteiger charge is 2.35. The zero-order valence-electron chi connectivity index (χ0n) is 13.1. The van der Waals surface area contributed by atoms with Crippen LogP contribution in [0.1, 0.15) is 26.7 Å². The van der Waals surface area contributed by atoms with Gasteiger partial charge in [-0.05, 0) is 31.0 Å². The van der Waals surface area contributed by atoms with Crippen molar-refractivity contribution in [2.24, 2.45) is 11.1 Å². The average molecular weight is 313 g/mol. The maximum absolute atomic E-state index is 12.5. The predicted molar refractivity (Wildman–Crippen MR) is 86.7 cm³/mol. The lowest BCUT2D eigenvalue weighted by Crippen LogP contribution is -2.47. The summed E-state index contributed by atoms with van der Waals surface area (Å²) in [6.45, 7) is 5.33. The van der Waals surface area contributed by atoms with Crippen molar-refractivity contribution < 1.29 is 9.53 Å². The Hall–Kier alpha value is -1.26. The Bertz CT molecular complexity index is 453. The Balaban J connectivity index is 2.53. The minimum atomic E-state index is -0.454. The van der Waals surface area contributed by atoms with Crippen molar-refractivity contribution in [1.82, 2.24) is 4.90 Å². The van der Waals surface area contributed by atoms with Crippen LogP contribution in [0.25, 0.3) is 0 Å². The molecule has 0 radical (unpaired) electrons. The Morgan fingerprint density at radius 2 is 2.05 bits per heavy atom. The second-order valence-electron chi connectivity index (χ2n) is 5.22. The van der Waals surface area contributed by atoms with Crippen molar-refractivity contribution in [1.29, 1.82) is 0 Å². The van der Waals surface area contributed by atoms with Crippen LogP contribution < -0.4 is 10.5 Å². The molecule has 0 aromatic heterocycles. The van der Waals surface area contributed by atoms with Crippen molar-refractivity contribution in [2.75, 3.05) is 26.7 Å². The summed E-state index contributed by atoms with van der Waals surface area (Å²) in [5.74, 6) is 0.795. The fourth-order valence-electron chi connectivity index (χ4n) is 2.29. The number of likely N-dealkylation sites (N-methyl/N-ethyl adjacent to an activating group) is 1. The van der Waals surface area contributed by atoms with Gasteiger partial charge in [-0.3, -0.25) is 4.79 Å². The lowest BCUT2D eigenvalue weighted by atomic mass is 9.81. The molecule has 0 aliphatic rings. The minimum Gasteiger partial charge on any atom is -0.492 e. The topological polar surface area (TPSA) is 55.6 Å². The van der Waals surface area contributed by atoms with Crippen molar-refractivity contribution >= 4 is 17.5 Å². The van der Waals surface area contributed by atoms with Gasteiger partial charge in [-0.2, -0.15) is 0 Å². The first kappa shape index (κ1) is 17.8. The molecule has 1 rings (SSSR count). The first-order valence-corrected chi connectivity index (χ1v) is 7.71. The average Bonchev–Trinajstić information content (AvgIpc) is 2.49. The number of nitrogens with zero attached hydrogens (tertiary/aromatic N) is 1.